The first-order chi connectivity index (χ1) is 23.7. The van der Waals surface area contributed by atoms with Gasteiger partial charge in [-0.2, -0.15) is 0 Å². The predicted molar refractivity (Wildman–Crippen MR) is 187 cm³/mol. The first-order valence-corrected chi connectivity index (χ1v) is 18.1. The summed E-state index contributed by atoms with van der Waals surface area (Å²) in [6.07, 6.45) is -3.06. The molecule has 0 aliphatic heterocycles. The Hall–Kier alpha value is -4.13. The molecule has 0 aliphatic rings. The second kappa shape index (κ2) is 21.8. The van der Waals surface area contributed by atoms with Gasteiger partial charge < -0.3 is 34.3 Å². The molecule has 0 spiro atoms. The molecule has 2 unspecified atom stereocenters. The van der Waals surface area contributed by atoms with Crippen LogP contribution in [0.1, 0.15) is 65.5 Å². The van der Waals surface area contributed by atoms with Gasteiger partial charge in [0.1, 0.15) is 6.54 Å². The highest BCUT2D eigenvalue weighted by Gasteiger charge is 2.39. The topological polar surface area (TPSA) is 175 Å². The molecule has 0 amide bonds. The van der Waals surface area contributed by atoms with E-state index >= 15 is 0 Å². The van der Waals surface area contributed by atoms with Gasteiger partial charge in [0.05, 0.1) is 19.3 Å². The summed E-state index contributed by atoms with van der Waals surface area (Å²) in [5, 5.41) is 0. The lowest BCUT2D eigenvalue weighted by molar-refractivity contribution is -0.147. The number of guanidine groups is 1. The summed E-state index contributed by atoms with van der Waals surface area (Å²) in [6.45, 7) is 9.72. The van der Waals surface area contributed by atoms with Crippen molar-refractivity contribution in [2.45, 2.75) is 85.9 Å². The van der Waals surface area contributed by atoms with Gasteiger partial charge in [0.15, 0.2) is 0 Å². The molecule has 2 aromatic rings. The number of benzene rings is 2. The molecule has 50 heavy (non-hydrogen) atoms. The van der Waals surface area contributed by atoms with Crippen molar-refractivity contribution in [1.29, 1.82) is 0 Å². The Kier molecular flexibility index (Phi) is 18.4. The average molecular weight is 722 g/mol. The van der Waals surface area contributed by atoms with Gasteiger partial charge in [-0.3, -0.25) is 4.79 Å². The molecular weight excluding hydrogens is 669 g/mol. The zero-order valence-corrected chi connectivity index (χ0v) is 30.9. The summed E-state index contributed by atoms with van der Waals surface area (Å²) in [5.41, 5.74) is 8.29. The highest BCUT2D eigenvalue weighted by atomic mass is 31.2. The lowest BCUT2D eigenvalue weighted by Gasteiger charge is -2.28. The van der Waals surface area contributed by atoms with Crippen LogP contribution in [-0.4, -0.2) is 74.6 Å². The van der Waals surface area contributed by atoms with Crippen molar-refractivity contribution in [1.82, 2.24) is 4.90 Å². The number of rotatable bonds is 20. The average Bonchev–Trinajstić information content (AvgIpc) is 3.05. The Balaban J connectivity index is 2.17. The van der Waals surface area contributed by atoms with Crippen molar-refractivity contribution >= 4 is 32.0 Å². The van der Waals surface area contributed by atoms with Crippen molar-refractivity contribution in [3.8, 4) is 0 Å². The van der Waals surface area contributed by atoms with Gasteiger partial charge >= 0.3 is 26.0 Å². The van der Waals surface area contributed by atoms with E-state index in [4.69, 9.17) is 38.5 Å². The van der Waals surface area contributed by atoms with Crippen LogP contribution in [0.5, 0.6) is 0 Å². The molecule has 0 bridgehead atoms. The standard InChI is InChI=1S/C35H52N3O11P/c1-25(2)31(46-34(40)43-22-14-20-28-16-10-8-11-17-28)48-50(42,37-33(36)38(7)24-30(39)45-27(5)6)49-32(26(3)4)47-35(41)44-23-15-21-29-18-12-9-13-19-29/h8-13,16-19,25-27,31-32H,14-15,20-24H2,1-7H3,(H2,36,37,42). The monoisotopic (exact) mass is 721 g/mol. The van der Waals surface area contributed by atoms with Crippen LogP contribution in [0.2, 0.25) is 0 Å². The van der Waals surface area contributed by atoms with Gasteiger partial charge in [0.2, 0.25) is 18.5 Å². The molecule has 0 heterocycles. The Morgan fingerprint density at radius 1 is 0.720 bits per heavy atom. The summed E-state index contributed by atoms with van der Waals surface area (Å²) in [5.74, 6) is -2.20. The molecule has 2 rings (SSSR count). The molecule has 0 radical (unpaired) electrons. The number of nitrogens with two attached hydrogens (primary N) is 1. The Bertz CT molecular complexity index is 1310. The zero-order chi connectivity index (χ0) is 37.1. The van der Waals surface area contributed by atoms with Crippen LogP contribution in [0.25, 0.3) is 0 Å². The van der Waals surface area contributed by atoms with Crippen LogP contribution in [0.15, 0.2) is 65.4 Å². The molecule has 0 aromatic heterocycles. The first-order valence-electron chi connectivity index (χ1n) is 16.6. The Morgan fingerprint density at radius 3 is 1.52 bits per heavy atom. The second-order valence-corrected chi connectivity index (χ2v) is 13.9. The van der Waals surface area contributed by atoms with E-state index in [1.165, 1.54) is 11.9 Å². The third-order valence-electron chi connectivity index (χ3n) is 6.68. The fourth-order valence-corrected chi connectivity index (χ4v) is 5.73. The summed E-state index contributed by atoms with van der Waals surface area (Å²) in [7, 11) is -3.36. The van der Waals surface area contributed by atoms with Gasteiger partial charge in [0, 0.05) is 18.9 Å². The van der Waals surface area contributed by atoms with E-state index in [2.05, 4.69) is 4.76 Å². The van der Waals surface area contributed by atoms with Crippen molar-refractivity contribution in [2.75, 3.05) is 26.8 Å². The van der Waals surface area contributed by atoms with E-state index in [-0.39, 0.29) is 25.9 Å². The summed E-state index contributed by atoms with van der Waals surface area (Å²) < 4.78 is 56.0. The van der Waals surface area contributed by atoms with Gasteiger partial charge in [-0.15, -0.1) is 4.76 Å². The zero-order valence-electron chi connectivity index (χ0n) is 30.0. The maximum Gasteiger partial charge on any atom is 0.510 e. The fraction of sp³-hybridized carbons (Fsp3) is 0.543. The molecule has 2 N–H and O–H groups in total. The van der Waals surface area contributed by atoms with Gasteiger partial charge in [-0.25, -0.2) is 23.2 Å². The van der Waals surface area contributed by atoms with E-state index < -0.39 is 56.4 Å². The minimum atomic E-state index is -4.77. The minimum Gasteiger partial charge on any atom is -0.462 e. The molecule has 2 atom stereocenters. The van der Waals surface area contributed by atoms with Crippen LogP contribution in [-0.2, 0) is 54.9 Å². The number of ether oxygens (including phenoxy) is 5. The molecule has 15 heteroatoms. The maximum atomic E-state index is 14.3. The minimum absolute atomic E-state index is 0.0613. The third-order valence-corrected chi connectivity index (χ3v) is 8.08. The van der Waals surface area contributed by atoms with Crippen LogP contribution in [0.4, 0.5) is 9.59 Å². The molecule has 278 valence electrons. The highest BCUT2D eigenvalue weighted by Crippen LogP contribution is 2.54. The van der Waals surface area contributed by atoms with Crippen LogP contribution in [0.3, 0.4) is 0 Å². The van der Waals surface area contributed by atoms with Crippen molar-refractivity contribution < 1.29 is 51.7 Å². The largest absolute Gasteiger partial charge is 0.510 e. The van der Waals surface area contributed by atoms with E-state index in [9.17, 15) is 18.9 Å². The number of esters is 1. The van der Waals surface area contributed by atoms with E-state index in [0.29, 0.717) is 25.7 Å². The highest BCUT2D eigenvalue weighted by molar-refractivity contribution is 7.52. The Morgan fingerprint density at radius 2 is 1.14 bits per heavy atom. The molecule has 0 saturated heterocycles. The quantitative estimate of drug-likeness (QED) is 0.0286. The first kappa shape index (κ1) is 42.0. The van der Waals surface area contributed by atoms with E-state index in [1.54, 1.807) is 41.5 Å². The van der Waals surface area contributed by atoms with Gasteiger partial charge in [0.25, 0.3) is 0 Å². The lowest BCUT2D eigenvalue weighted by atomic mass is 10.1. The number of hydrogen-bond donors (Lipinski definition) is 1. The number of hydrogen-bond acceptors (Lipinski definition) is 11. The number of likely N-dealkylation sites (N-methyl/N-ethyl adjacent to an activating group) is 1. The van der Waals surface area contributed by atoms with Gasteiger partial charge in [-0.05, 0) is 50.7 Å². The molecule has 14 nitrogen and oxygen atoms in total. The number of nitrogens with zero attached hydrogens (tertiary/aromatic N) is 2. The molecule has 0 aliphatic carbocycles. The second-order valence-electron chi connectivity index (χ2n) is 12.4. The van der Waals surface area contributed by atoms with Crippen LogP contribution in [0, 0.1) is 11.8 Å². The molecular formula is C35H52N3O11P. The summed E-state index contributed by atoms with van der Waals surface area (Å²) in [4.78, 5) is 38.7. The normalized spacial score (nSPS) is 14.1. The third kappa shape index (κ3) is 17.0. The summed E-state index contributed by atoms with van der Waals surface area (Å²) in [6, 6.07) is 19.4. The number of aryl methyl sites for hydroxylation is 2. The SMILES string of the molecule is CC(C)OC(=O)CN(C)/C(N)=N/P(=O)(OC(OC(=O)OCCCc1ccccc1)C(C)C)OC(OC(=O)OCCCc1ccccc1)C(C)C. The molecule has 2 aromatic carbocycles. The van der Waals surface area contributed by atoms with Gasteiger partial charge in [-0.1, -0.05) is 88.4 Å². The van der Waals surface area contributed by atoms with Crippen LogP contribution >= 0.6 is 7.75 Å². The fourth-order valence-electron chi connectivity index (χ4n) is 4.08. The van der Waals surface area contributed by atoms with Crippen LogP contribution < -0.4 is 5.73 Å². The van der Waals surface area contributed by atoms with Crippen molar-refractivity contribution in [2.24, 2.45) is 22.3 Å². The lowest BCUT2D eigenvalue weighted by Crippen LogP contribution is -2.39. The maximum absolute atomic E-state index is 14.3. The summed E-state index contributed by atoms with van der Waals surface area (Å²) >= 11 is 0. The Labute approximate surface area is 295 Å². The molecule has 0 saturated carbocycles. The van der Waals surface area contributed by atoms with Crippen molar-refractivity contribution in [3.63, 3.8) is 0 Å². The molecule has 0 fully saturated rings. The number of carbonyl (C=O) groups is 3. The van der Waals surface area contributed by atoms with Crippen molar-refractivity contribution in [3.05, 3.63) is 71.8 Å². The van der Waals surface area contributed by atoms with E-state index in [0.717, 1.165) is 11.1 Å². The van der Waals surface area contributed by atoms with E-state index in [1.807, 2.05) is 60.7 Å². The number of carbonyl (C=O) groups excluding carboxylic acids is 3. The predicted octanol–water partition coefficient (Wildman–Crippen LogP) is 6.86. The smallest absolute Gasteiger partial charge is 0.462 e.